The molecule has 0 aliphatic carbocycles. The summed E-state index contributed by atoms with van der Waals surface area (Å²) in [6.07, 6.45) is 1.51. The summed E-state index contributed by atoms with van der Waals surface area (Å²) < 4.78 is 0. The number of hydrogen-bond donors (Lipinski definition) is 1. The smallest absolute Gasteiger partial charge is 0.227 e. The van der Waals surface area contributed by atoms with Gasteiger partial charge >= 0.3 is 0 Å². The Labute approximate surface area is 120 Å². The van der Waals surface area contributed by atoms with Crippen LogP contribution in [0.5, 0.6) is 0 Å². The maximum atomic E-state index is 11.7. The molecular formula is C14H20ClN3O. The number of carbonyl (C=O) groups excluding carboxylic acids is 1. The second-order valence-electron chi connectivity index (χ2n) is 5.00. The number of fused-ring (bicyclic) bond motifs is 1. The van der Waals surface area contributed by atoms with Crippen LogP contribution in [0.2, 0.25) is 0 Å². The van der Waals surface area contributed by atoms with Gasteiger partial charge in [0.05, 0.1) is 0 Å². The highest BCUT2D eigenvalue weighted by Crippen LogP contribution is 2.30. The molecule has 4 nitrogen and oxygen atoms in total. The molecule has 1 amide bonds. The maximum absolute atomic E-state index is 11.7. The van der Waals surface area contributed by atoms with Crippen LogP contribution in [-0.2, 0) is 11.2 Å². The number of piperazine rings is 1. The van der Waals surface area contributed by atoms with Gasteiger partial charge in [-0.15, -0.1) is 12.4 Å². The highest BCUT2D eigenvalue weighted by atomic mass is 35.5. The minimum absolute atomic E-state index is 0. The van der Waals surface area contributed by atoms with E-state index in [1.165, 1.54) is 11.3 Å². The topological polar surface area (TPSA) is 35.6 Å². The molecule has 0 saturated carbocycles. The summed E-state index contributed by atoms with van der Waals surface area (Å²) in [7, 11) is 1.87. The van der Waals surface area contributed by atoms with Crippen molar-refractivity contribution in [2.24, 2.45) is 0 Å². The molecule has 0 unspecified atom stereocenters. The molecule has 0 spiro atoms. The van der Waals surface area contributed by atoms with Crippen LogP contribution in [0.25, 0.3) is 0 Å². The number of benzene rings is 1. The number of amides is 1. The molecule has 2 aliphatic rings. The maximum Gasteiger partial charge on any atom is 0.227 e. The first-order valence-corrected chi connectivity index (χ1v) is 6.61. The molecule has 19 heavy (non-hydrogen) atoms. The summed E-state index contributed by atoms with van der Waals surface area (Å²) in [5.74, 6) is 0.220. The summed E-state index contributed by atoms with van der Waals surface area (Å²) in [6, 6.07) is 6.48. The lowest BCUT2D eigenvalue weighted by Crippen LogP contribution is -2.43. The van der Waals surface area contributed by atoms with E-state index in [0.29, 0.717) is 6.42 Å². The van der Waals surface area contributed by atoms with Gasteiger partial charge in [0.15, 0.2) is 0 Å². The molecule has 5 heteroatoms. The summed E-state index contributed by atoms with van der Waals surface area (Å²) in [5, 5.41) is 3.37. The Kier molecular flexibility index (Phi) is 4.32. The highest BCUT2D eigenvalue weighted by Gasteiger charge is 2.21. The Morgan fingerprint density at radius 2 is 1.89 bits per heavy atom. The molecule has 0 atom stereocenters. The van der Waals surface area contributed by atoms with Crippen LogP contribution in [0.1, 0.15) is 12.0 Å². The number of nitrogens with zero attached hydrogens (tertiary/aromatic N) is 2. The van der Waals surface area contributed by atoms with Gasteiger partial charge in [-0.1, -0.05) is 0 Å². The van der Waals surface area contributed by atoms with Crippen LogP contribution in [0.4, 0.5) is 11.4 Å². The predicted octanol–water partition coefficient (Wildman–Crippen LogP) is 1.43. The van der Waals surface area contributed by atoms with Crippen molar-refractivity contribution in [2.75, 3.05) is 43.0 Å². The first kappa shape index (κ1) is 14.2. The summed E-state index contributed by atoms with van der Waals surface area (Å²) >= 11 is 0. The summed E-state index contributed by atoms with van der Waals surface area (Å²) in [6.45, 7) is 4.23. The van der Waals surface area contributed by atoms with Crippen molar-refractivity contribution in [1.29, 1.82) is 0 Å². The second kappa shape index (κ2) is 5.80. The van der Waals surface area contributed by atoms with Crippen molar-refractivity contribution in [1.82, 2.24) is 5.32 Å². The number of rotatable bonds is 1. The molecule has 0 radical (unpaired) electrons. The van der Waals surface area contributed by atoms with Crippen molar-refractivity contribution < 1.29 is 4.79 Å². The van der Waals surface area contributed by atoms with E-state index in [1.54, 1.807) is 4.90 Å². The quantitative estimate of drug-likeness (QED) is 0.846. The molecule has 104 valence electrons. The van der Waals surface area contributed by atoms with E-state index >= 15 is 0 Å². The standard InChI is InChI=1S/C14H19N3O.ClH/c1-16-13-4-3-12(17-8-6-15-7-9-17)10-11(13)2-5-14(16)18;/h3-4,10,15H,2,5-9H2,1H3;1H. The zero-order chi connectivity index (χ0) is 12.5. The van der Waals surface area contributed by atoms with Gasteiger partial charge in [-0.2, -0.15) is 0 Å². The molecule has 1 aromatic carbocycles. The Bertz CT molecular complexity index is 472. The molecule has 2 aliphatic heterocycles. The van der Waals surface area contributed by atoms with E-state index in [1.807, 2.05) is 7.05 Å². The molecule has 1 N–H and O–H groups in total. The van der Waals surface area contributed by atoms with Crippen molar-refractivity contribution in [2.45, 2.75) is 12.8 Å². The van der Waals surface area contributed by atoms with Crippen LogP contribution < -0.4 is 15.1 Å². The second-order valence-corrected chi connectivity index (χ2v) is 5.00. The van der Waals surface area contributed by atoms with Gasteiger partial charge in [-0.25, -0.2) is 0 Å². The van der Waals surface area contributed by atoms with Crippen LogP contribution in [-0.4, -0.2) is 39.1 Å². The zero-order valence-corrected chi connectivity index (χ0v) is 12.0. The van der Waals surface area contributed by atoms with Crippen LogP contribution in [0.15, 0.2) is 18.2 Å². The molecule has 1 fully saturated rings. The van der Waals surface area contributed by atoms with E-state index < -0.39 is 0 Å². The van der Waals surface area contributed by atoms with Gasteiger partial charge in [0.25, 0.3) is 0 Å². The summed E-state index contributed by atoms with van der Waals surface area (Å²) in [4.78, 5) is 15.8. The van der Waals surface area contributed by atoms with Gasteiger partial charge in [-0.3, -0.25) is 4.79 Å². The van der Waals surface area contributed by atoms with Crippen molar-refractivity contribution >= 4 is 29.7 Å². The third-order valence-corrected chi connectivity index (χ3v) is 3.89. The van der Waals surface area contributed by atoms with Crippen molar-refractivity contribution in [3.8, 4) is 0 Å². The van der Waals surface area contributed by atoms with Crippen LogP contribution >= 0.6 is 12.4 Å². The monoisotopic (exact) mass is 281 g/mol. The molecule has 0 bridgehead atoms. The summed E-state index contributed by atoms with van der Waals surface area (Å²) in [5.41, 5.74) is 3.66. The number of halogens is 1. The van der Waals surface area contributed by atoms with E-state index in [-0.39, 0.29) is 18.3 Å². The van der Waals surface area contributed by atoms with Gasteiger partial charge in [0.2, 0.25) is 5.91 Å². The van der Waals surface area contributed by atoms with Gasteiger partial charge in [-0.05, 0) is 30.2 Å². The minimum Gasteiger partial charge on any atom is -0.369 e. The predicted molar refractivity (Wildman–Crippen MR) is 80.5 cm³/mol. The number of hydrogen-bond acceptors (Lipinski definition) is 3. The third-order valence-electron chi connectivity index (χ3n) is 3.89. The molecule has 2 heterocycles. The SMILES string of the molecule is CN1C(=O)CCc2cc(N3CCNCC3)ccc21.Cl. The lowest BCUT2D eigenvalue weighted by molar-refractivity contribution is -0.118. The van der Waals surface area contributed by atoms with E-state index in [4.69, 9.17) is 0 Å². The zero-order valence-electron chi connectivity index (χ0n) is 11.2. The minimum atomic E-state index is 0. The average Bonchev–Trinajstić information content (AvgIpc) is 2.44. The van der Waals surface area contributed by atoms with Gasteiger partial charge in [0, 0.05) is 51.0 Å². The highest BCUT2D eigenvalue weighted by molar-refractivity contribution is 5.96. The van der Waals surface area contributed by atoms with Gasteiger partial charge < -0.3 is 15.1 Å². The molecule has 3 rings (SSSR count). The molecule has 1 aromatic rings. The van der Waals surface area contributed by atoms with E-state index in [0.717, 1.165) is 38.3 Å². The number of nitrogens with one attached hydrogen (secondary N) is 1. The average molecular weight is 282 g/mol. The first-order valence-electron chi connectivity index (χ1n) is 6.61. The number of carbonyl (C=O) groups is 1. The van der Waals surface area contributed by atoms with Gasteiger partial charge in [0.1, 0.15) is 0 Å². The van der Waals surface area contributed by atoms with Crippen LogP contribution in [0, 0.1) is 0 Å². The number of anilines is 2. The first-order chi connectivity index (χ1) is 8.75. The lowest BCUT2D eigenvalue weighted by Gasteiger charge is -2.32. The third kappa shape index (κ3) is 2.69. The van der Waals surface area contributed by atoms with E-state index in [2.05, 4.69) is 28.4 Å². The molecule has 1 saturated heterocycles. The fourth-order valence-corrected chi connectivity index (χ4v) is 2.76. The van der Waals surface area contributed by atoms with Crippen molar-refractivity contribution in [3.63, 3.8) is 0 Å². The fourth-order valence-electron chi connectivity index (χ4n) is 2.76. The lowest BCUT2D eigenvalue weighted by atomic mass is 10.0. The fraction of sp³-hybridized carbons (Fsp3) is 0.500. The molecule has 0 aromatic heterocycles. The number of aryl methyl sites for hydroxylation is 1. The van der Waals surface area contributed by atoms with E-state index in [9.17, 15) is 4.79 Å². The Balaban J connectivity index is 0.00000133. The Morgan fingerprint density at radius 3 is 2.63 bits per heavy atom. The largest absolute Gasteiger partial charge is 0.369 e. The Morgan fingerprint density at radius 1 is 1.16 bits per heavy atom. The van der Waals surface area contributed by atoms with Crippen LogP contribution in [0.3, 0.4) is 0 Å². The normalized spacial score (nSPS) is 18.9. The Hall–Kier alpha value is -1.26. The molecular weight excluding hydrogens is 262 g/mol. The van der Waals surface area contributed by atoms with Crippen molar-refractivity contribution in [3.05, 3.63) is 23.8 Å².